The highest BCUT2D eigenvalue weighted by molar-refractivity contribution is 9.10. The Hall–Kier alpha value is -1.52. The molecular weight excluding hydrogens is 356 g/mol. The van der Waals surface area contributed by atoms with Crippen molar-refractivity contribution in [2.75, 3.05) is 6.61 Å². The predicted octanol–water partition coefficient (Wildman–Crippen LogP) is 4.79. The number of esters is 1. The second-order valence-electron chi connectivity index (χ2n) is 4.24. The Kier molecular flexibility index (Phi) is 5.65. The summed E-state index contributed by atoms with van der Waals surface area (Å²) in [7, 11) is 0. The third kappa shape index (κ3) is 4.22. The summed E-state index contributed by atoms with van der Waals surface area (Å²) in [5.41, 5.74) is 0.715. The zero-order chi connectivity index (χ0) is 15.2. The molecule has 2 rings (SSSR count). The average molecular weight is 370 g/mol. The molecule has 0 amide bonds. The second-order valence-corrected chi connectivity index (χ2v) is 5.56. The second kappa shape index (κ2) is 7.48. The van der Waals surface area contributed by atoms with Crippen molar-refractivity contribution in [3.05, 3.63) is 63.6 Å². The minimum atomic E-state index is -0.849. The molecule has 0 spiro atoms. The number of halogens is 2. The highest BCUT2D eigenvalue weighted by Gasteiger charge is 2.24. The summed E-state index contributed by atoms with van der Waals surface area (Å²) in [6, 6.07) is 14.4. The quantitative estimate of drug-likeness (QED) is 0.711. The summed E-state index contributed by atoms with van der Waals surface area (Å²) in [4.78, 5) is 12.1. The van der Waals surface area contributed by atoms with Crippen molar-refractivity contribution in [1.82, 2.24) is 0 Å². The number of benzene rings is 2. The normalized spacial score (nSPS) is 11.8. The third-order valence-corrected chi connectivity index (χ3v) is 3.55. The molecule has 0 saturated carbocycles. The molecule has 2 aromatic rings. The molecule has 0 aromatic heterocycles. The lowest BCUT2D eigenvalue weighted by Gasteiger charge is -2.19. The number of hydrogen-bond acceptors (Lipinski definition) is 3. The lowest BCUT2D eigenvalue weighted by molar-refractivity contribution is -0.151. The molecule has 0 aliphatic carbocycles. The van der Waals surface area contributed by atoms with E-state index in [1.807, 2.05) is 30.3 Å². The van der Waals surface area contributed by atoms with E-state index in [0.717, 1.165) is 4.47 Å². The number of rotatable bonds is 5. The van der Waals surface area contributed by atoms with E-state index in [4.69, 9.17) is 21.1 Å². The van der Waals surface area contributed by atoms with Gasteiger partial charge < -0.3 is 9.47 Å². The van der Waals surface area contributed by atoms with Crippen molar-refractivity contribution < 1.29 is 14.3 Å². The Labute approximate surface area is 137 Å². The van der Waals surface area contributed by atoms with Gasteiger partial charge in [-0.3, -0.25) is 0 Å². The van der Waals surface area contributed by atoms with E-state index in [2.05, 4.69) is 15.9 Å². The first-order valence-corrected chi connectivity index (χ1v) is 7.62. The number of ether oxygens (including phenoxy) is 2. The molecule has 1 unspecified atom stereocenters. The van der Waals surface area contributed by atoms with Crippen molar-refractivity contribution in [2.45, 2.75) is 13.0 Å². The maximum absolute atomic E-state index is 12.1. The number of hydrogen-bond donors (Lipinski definition) is 0. The summed E-state index contributed by atoms with van der Waals surface area (Å²) in [6.45, 7) is 2.05. The zero-order valence-electron chi connectivity index (χ0n) is 11.4. The van der Waals surface area contributed by atoms with Gasteiger partial charge in [-0.15, -0.1) is 0 Å². The van der Waals surface area contributed by atoms with Crippen LogP contribution in [-0.4, -0.2) is 12.6 Å². The molecule has 1 atom stereocenters. The summed E-state index contributed by atoms with van der Waals surface area (Å²) >= 11 is 9.47. The summed E-state index contributed by atoms with van der Waals surface area (Å²) in [5.74, 6) is -0.0207. The minimum Gasteiger partial charge on any atom is -0.472 e. The largest absolute Gasteiger partial charge is 0.472 e. The topological polar surface area (TPSA) is 35.5 Å². The van der Waals surface area contributed by atoms with Gasteiger partial charge in [0.2, 0.25) is 6.10 Å². The Morgan fingerprint density at radius 2 is 1.95 bits per heavy atom. The van der Waals surface area contributed by atoms with E-state index in [1.54, 1.807) is 25.1 Å². The molecular formula is C16H14BrClO3. The first-order valence-electron chi connectivity index (χ1n) is 6.45. The zero-order valence-corrected chi connectivity index (χ0v) is 13.7. The predicted molar refractivity (Wildman–Crippen MR) is 85.6 cm³/mol. The van der Waals surface area contributed by atoms with Gasteiger partial charge in [-0.25, -0.2) is 4.79 Å². The van der Waals surface area contributed by atoms with Gasteiger partial charge in [-0.05, 0) is 25.1 Å². The van der Waals surface area contributed by atoms with Crippen LogP contribution in [0.25, 0.3) is 0 Å². The molecule has 0 N–H and O–H groups in total. The van der Waals surface area contributed by atoms with Crippen LogP contribution in [0.3, 0.4) is 0 Å². The lowest BCUT2D eigenvalue weighted by atomic mass is 10.1. The van der Waals surface area contributed by atoms with E-state index in [-0.39, 0.29) is 6.61 Å². The summed E-state index contributed by atoms with van der Waals surface area (Å²) < 4.78 is 11.7. The maximum Gasteiger partial charge on any atom is 0.352 e. The van der Waals surface area contributed by atoms with Gasteiger partial charge in [0.25, 0.3) is 0 Å². The van der Waals surface area contributed by atoms with Crippen LogP contribution in [0.1, 0.15) is 18.6 Å². The van der Waals surface area contributed by atoms with E-state index in [0.29, 0.717) is 16.3 Å². The fourth-order valence-corrected chi connectivity index (χ4v) is 2.29. The fourth-order valence-electron chi connectivity index (χ4n) is 1.79. The average Bonchev–Trinajstić information content (AvgIpc) is 2.49. The van der Waals surface area contributed by atoms with Crippen LogP contribution in [0.4, 0.5) is 0 Å². The Morgan fingerprint density at radius 3 is 2.62 bits per heavy atom. The van der Waals surface area contributed by atoms with Crippen LogP contribution in [-0.2, 0) is 9.53 Å². The van der Waals surface area contributed by atoms with E-state index in [9.17, 15) is 4.79 Å². The molecule has 2 aromatic carbocycles. The van der Waals surface area contributed by atoms with E-state index in [1.165, 1.54) is 0 Å². The monoisotopic (exact) mass is 368 g/mol. The van der Waals surface area contributed by atoms with Gasteiger partial charge in [0, 0.05) is 10.0 Å². The Balaban J connectivity index is 2.32. The van der Waals surface area contributed by atoms with Crippen LogP contribution < -0.4 is 4.74 Å². The fraction of sp³-hybridized carbons (Fsp3) is 0.188. The third-order valence-electron chi connectivity index (χ3n) is 2.74. The summed E-state index contributed by atoms with van der Waals surface area (Å²) in [5, 5.41) is 0.434. The van der Waals surface area contributed by atoms with Crippen LogP contribution in [0.5, 0.6) is 5.75 Å². The molecule has 110 valence electrons. The summed E-state index contributed by atoms with van der Waals surface area (Å²) in [6.07, 6.45) is -0.849. The molecule has 5 heteroatoms. The van der Waals surface area contributed by atoms with E-state index < -0.39 is 12.1 Å². The van der Waals surface area contributed by atoms with Gasteiger partial charge >= 0.3 is 5.97 Å². The van der Waals surface area contributed by atoms with Gasteiger partial charge in [0.1, 0.15) is 5.75 Å². The molecule has 0 saturated heterocycles. The van der Waals surface area contributed by atoms with Gasteiger partial charge in [-0.1, -0.05) is 57.9 Å². The van der Waals surface area contributed by atoms with E-state index >= 15 is 0 Å². The Bertz CT molecular complexity index is 616. The molecule has 0 fully saturated rings. The highest BCUT2D eigenvalue weighted by Crippen LogP contribution is 2.32. The molecule has 0 bridgehead atoms. The van der Waals surface area contributed by atoms with Crippen molar-refractivity contribution in [3.63, 3.8) is 0 Å². The maximum atomic E-state index is 12.1. The SMILES string of the molecule is CCOC(=O)C(Oc1cc(Br)ccc1Cl)c1ccccc1. The standard InChI is InChI=1S/C16H14BrClO3/c1-2-20-16(19)15(11-6-4-3-5-7-11)21-14-10-12(17)8-9-13(14)18/h3-10,15H,2H2,1H3. The number of carbonyl (C=O) groups is 1. The molecule has 0 heterocycles. The molecule has 0 radical (unpaired) electrons. The van der Waals surface area contributed by atoms with Crippen molar-refractivity contribution in [2.24, 2.45) is 0 Å². The van der Waals surface area contributed by atoms with Crippen molar-refractivity contribution >= 4 is 33.5 Å². The Morgan fingerprint density at radius 1 is 1.24 bits per heavy atom. The smallest absolute Gasteiger partial charge is 0.352 e. The molecule has 0 aliphatic rings. The van der Waals surface area contributed by atoms with Gasteiger partial charge in [0.15, 0.2) is 0 Å². The number of carbonyl (C=O) groups excluding carboxylic acids is 1. The molecule has 3 nitrogen and oxygen atoms in total. The minimum absolute atomic E-state index is 0.289. The van der Waals surface area contributed by atoms with Crippen LogP contribution in [0.15, 0.2) is 53.0 Å². The first-order chi connectivity index (χ1) is 10.1. The lowest BCUT2D eigenvalue weighted by Crippen LogP contribution is -2.21. The molecule has 21 heavy (non-hydrogen) atoms. The first kappa shape index (κ1) is 15.9. The molecule has 0 aliphatic heterocycles. The van der Waals surface area contributed by atoms with Crippen molar-refractivity contribution in [1.29, 1.82) is 0 Å². The van der Waals surface area contributed by atoms with Gasteiger partial charge in [0.05, 0.1) is 11.6 Å². The highest BCUT2D eigenvalue weighted by atomic mass is 79.9. The van der Waals surface area contributed by atoms with Gasteiger partial charge in [-0.2, -0.15) is 0 Å². The van der Waals surface area contributed by atoms with Crippen LogP contribution in [0.2, 0.25) is 5.02 Å². The van der Waals surface area contributed by atoms with Crippen molar-refractivity contribution in [3.8, 4) is 5.75 Å². The van der Waals surface area contributed by atoms with Crippen LogP contribution in [0, 0.1) is 0 Å². The van der Waals surface area contributed by atoms with Crippen LogP contribution >= 0.6 is 27.5 Å².